The zero-order valence-corrected chi connectivity index (χ0v) is 22.2. The smallest absolute Gasteiger partial charge is 0.157 e. The van der Waals surface area contributed by atoms with Crippen molar-refractivity contribution in [1.29, 1.82) is 5.26 Å². The lowest BCUT2D eigenvalue weighted by atomic mass is 10.0. The number of anilines is 1. The molecule has 0 saturated carbocycles. The summed E-state index contributed by atoms with van der Waals surface area (Å²) in [5, 5.41) is 13.5. The molecule has 0 atom stereocenters. The third kappa shape index (κ3) is 7.99. The Morgan fingerprint density at radius 1 is 0.800 bits per heavy atom. The van der Waals surface area contributed by atoms with Gasteiger partial charge in [0, 0.05) is 6.54 Å². The zero-order valence-electron chi connectivity index (χ0n) is 22.2. The van der Waals surface area contributed by atoms with Gasteiger partial charge in [0.2, 0.25) is 0 Å². The van der Waals surface area contributed by atoms with Gasteiger partial charge < -0.3 is 5.32 Å². The number of aromatic nitrogens is 2. The first kappa shape index (κ1) is 27.1. The summed E-state index contributed by atoms with van der Waals surface area (Å²) in [6.07, 6.45) is 21.2. The van der Waals surface area contributed by atoms with Crippen molar-refractivity contribution in [2.24, 2.45) is 0 Å². The number of nitriles is 1. The molecule has 0 aliphatic rings. The van der Waals surface area contributed by atoms with E-state index >= 15 is 0 Å². The second-order valence-electron chi connectivity index (χ2n) is 10.1. The average molecular weight is 475 g/mol. The molecular formula is C31H46N4. The third-order valence-corrected chi connectivity index (χ3v) is 7.12. The first-order chi connectivity index (χ1) is 17.3. The van der Waals surface area contributed by atoms with Gasteiger partial charge in [-0.2, -0.15) is 5.26 Å². The van der Waals surface area contributed by atoms with E-state index < -0.39 is 0 Å². The first-order valence-corrected chi connectivity index (χ1v) is 14.4. The van der Waals surface area contributed by atoms with Crippen LogP contribution in [0.2, 0.25) is 0 Å². The molecule has 0 aliphatic carbocycles. The van der Waals surface area contributed by atoms with E-state index in [0.717, 1.165) is 47.4 Å². The quantitative estimate of drug-likeness (QED) is 0.187. The minimum atomic E-state index is 0.713. The number of benzene rings is 1. The average Bonchev–Trinajstić information content (AvgIpc) is 3.26. The van der Waals surface area contributed by atoms with Crippen LogP contribution in [0.1, 0.15) is 121 Å². The van der Waals surface area contributed by atoms with Crippen LogP contribution in [-0.2, 0) is 6.42 Å². The van der Waals surface area contributed by atoms with Crippen LogP contribution in [0.3, 0.4) is 0 Å². The lowest BCUT2D eigenvalue weighted by Crippen LogP contribution is -2.08. The summed E-state index contributed by atoms with van der Waals surface area (Å²) in [6.45, 7) is 5.40. The van der Waals surface area contributed by atoms with Gasteiger partial charge >= 0.3 is 0 Å². The highest BCUT2D eigenvalue weighted by Gasteiger charge is 2.16. The number of aryl methyl sites for hydroxylation is 1. The van der Waals surface area contributed by atoms with Crippen molar-refractivity contribution >= 4 is 22.5 Å². The number of pyridine rings is 1. The minimum Gasteiger partial charge on any atom is -0.371 e. The van der Waals surface area contributed by atoms with Crippen LogP contribution in [0, 0.1) is 11.3 Å². The number of nitrogens with one attached hydrogen (secondary N) is 1. The monoisotopic (exact) mass is 474 g/mol. The van der Waals surface area contributed by atoms with E-state index in [1.807, 2.05) is 18.2 Å². The fraction of sp³-hybridized carbons (Fsp3) is 0.613. The SMILES string of the molecule is CCCCCCCCCCCCCCCCNc1cc(CCC)c(C#N)c2nc3ccccc3n12. The van der Waals surface area contributed by atoms with Crippen LogP contribution in [0.25, 0.3) is 16.7 Å². The Labute approximate surface area is 213 Å². The molecule has 0 unspecified atom stereocenters. The second kappa shape index (κ2) is 15.5. The van der Waals surface area contributed by atoms with E-state index in [0.29, 0.717) is 5.56 Å². The molecule has 0 fully saturated rings. The van der Waals surface area contributed by atoms with Crippen molar-refractivity contribution in [1.82, 2.24) is 9.38 Å². The number of rotatable bonds is 18. The van der Waals surface area contributed by atoms with Crippen LogP contribution >= 0.6 is 0 Å². The first-order valence-electron chi connectivity index (χ1n) is 14.4. The van der Waals surface area contributed by atoms with E-state index in [9.17, 15) is 5.26 Å². The molecule has 0 aliphatic heterocycles. The maximum absolute atomic E-state index is 9.85. The van der Waals surface area contributed by atoms with Gasteiger partial charge in [-0.3, -0.25) is 4.40 Å². The molecule has 0 radical (unpaired) electrons. The zero-order chi connectivity index (χ0) is 24.7. The predicted octanol–water partition coefficient (Wildman–Crippen LogP) is 9.20. The Kier molecular flexibility index (Phi) is 11.9. The van der Waals surface area contributed by atoms with Crippen LogP contribution in [0.15, 0.2) is 30.3 Å². The summed E-state index contributed by atoms with van der Waals surface area (Å²) in [4.78, 5) is 4.81. The summed E-state index contributed by atoms with van der Waals surface area (Å²) in [6, 6.07) is 12.8. The molecular weight excluding hydrogens is 428 g/mol. The molecule has 1 aromatic carbocycles. The number of imidazole rings is 1. The van der Waals surface area contributed by atoms with Crippen molar-refractivity contribution in [3.63, 3.8) is 0 Å². The lowest BCUT2D eigenvalue weighted by molar-refractivity contribution is 0.537. The number of fused-ring (bicyclic) bond motifs is 3. The molecule has 3 aromatic rings. The highest BCUT2D eigenvalue weighted by Crippen LogP contribution is 2.27. The molecule has 35 heavy (non-hydrogen) atoms. The molecule has 1 N–H and O–H groups in total. The normalized spacial score (nSPS) is 11.3. The highest BCUT2D eigenvalue weighted by atomic mass is 15.1. The number of nitrogens with zero attached hydrogens (tertiary/aromatic N) is 3. The van der Waals surface area contributed by atoms with Crippen molar-refractivity contribution in [2.75, 3.05) is 11.9 Å². The maximum atomic E-state index is 9.85. The van der Waals surface area contributed by atoms with Crippen molar-refractivity contribution in [2.45, 2.75) is 117 Å². The molecule has 4 nitrogen and oxygen atoms in total. The van der Waals surface area contributed by atoms with E-state index in [2.05, 4.69) is 41.8 Å². The Bertz CT molecular complexity index is 1060. The predicted molar refractivity (Wildman–Crippen MR) is 150 cm³/mol. The Hall–Kier alpha value is -2.54. The molecule has 4 heteroatoms. The second-order valence-corrected chi connectivity index (χ2v) is 10.1. The number of unbranched alkanes of at least 4 members (excludes halogenated alkanes) is 13. The molecule has 190 valence electrons. The van der Waals surface area contributed by atoms with E-state index in [4.69, 9.17) is 4.98 Å². The van der Waals surface area contributed by atoms with E-state index in [1.165, 1.54) is 89.9 Å². The molecule has 0 amide bonds. The maximum Gasteiger partial charge on any atom is 0.157 e. The minimum absolute atomic E-state index is 0.713. The lowest BCUT2D eigenvalue weighted by Gasteiger charge is -2.14. The number of para-hydroxylation sites is 2. The molecule has 0 saturated heterocycles. The largest absolute Gasteiger partial charge is 0.371 e. The summed E-state index contributed by atoms with van der Waals surface area (Å²) < 4.78 is 2.14. The summed E-state index contributed by atoms with van der Waals surface area (Å²) in [7, 11) is 0. The molecule has 3 rings (SSSR count). The molecule has 2 heterocycles. The van der Waals surface area contributed by atoms with Gasteiger partial charge in [0.05, 0.1) is 16.6 Å². The molecule has 0 spiro atoms. The number of hydrogen-bond acceptors (Lipinski definition) is 3. The van der Waals surface area contributed by atoms with Crippen molar-refractivity contribution in [3.8, 4) is 6.07 Å². The topological polar surface area (TPSA) is 53.1 Å². The van der Waals surface area contributed by atoms with Crippen molar-refractivity contribution in [3.05, 3.63) is 41.5 Å². The van der Waals surface area contributed by atoms with Crippen molar-refractivity contribution < 1.29 is 0 Å². The van der Waals surface area contributed by atoms with Gasteiger partial charge in [-0.1, -0.05) is 116 Å². The van der Waals surface area contributed by atoms with Gasteiger partial charge in [-0.15, -0.1) is 0 Å². The van der Waals surface area contributed by atoms with Gasteiger partial charge in [-0.25, -0.2) is 4.98 Å². The summed E-state index contributed by atoms with van der Waals surface area (Å²) in [5.41, 5.74) is 4.59. The van der Waals surface area contributed by atoms with Crippen LogP contribution in [0.5, 0.6) is 0 Å². The Balaban J connectivity index is 1.41. The Morgan fingerprint density at radius 2 is 1.40 bits per heavy atom. The fourth-order valence-corrected chi connectivity index (χ4v) is 5.14. The van der Waals surface area contributed by atoms with Gasteiger partial charge in [-0.05, 0) is 36.6 Å². The standard InChI is InChI=1S/C31H46N4/c1-3-5-6-7-8-9-10-11-12-13-14-15-16-19-23-33-30-24-26(20-4-2)27(25-32)31-34-28-21-17-18-22-29(28)35(30)31/h17-18,21-22,24,33H,3-16,19-20,23H2,1-2H3. The van der Waals surface area contributed by atoms with Gasteiger partial charge in [0.15, 0.2) is 5.65 Å². The highest BCUT2D eigenvalue weighted by molar-refractivity contribution is 5.85. The van der Waals surface area contributed by atoms with Gasteiger partial charge in [0.1, 0.15) is 11.9 Å². The third-order valence-electron chi connectivity index (χ3n) is 7.12. The van der Waals surface area contributed by atoms with Crippen LogP contribution in [-0.4, -0.2) is 15.9 Å². The molecule has 0 bridgehead atoms. The van der Waals surface area contributed by atoms with Gasteiger partial charge in [0.25, 0.3) is 0 Å². The molecule has 2 aromatic heterocycles. The van der Waals surface area contributed by atoms with E-state index in [1.54, 1.807) is 0 Å². The van der Waals surface area contributed by atoms with Crippen LogP contribution in [0.4, 0.5) is 5.82 Å². The van der Waals surface area contributed by atoms with Crippen LogP contribution < -0.4 is 5.32 Å². The number of hydrogen-bond donors (Lipinski definition) is 1. The summed E-state index contributed by atoms with van der Waals surface area (Å²) >= 11 is 0. The Morgan fingerprint density at radius 3 is 2.00 bits per heavy atom. The van der Waals surface area contributed by atoms with E-state index in [-0.39, 0.29) is 0 Å². The summed E-state index contributed by atoms with van der Waals surface area (Å²) in [5.74, 6) is 1.06. The fourth-order valence-electron chi connectivity index (χ4n) is 5.14.